The maximum Gasteiger partial charge on any atom is 0.257 e. The number of amides is 1. The van der Waals surface area contributed by atoms with Gasteiger partial charge in [0.25, 0.3) is 5.91 Å². The Morgan fingerprint density at radius 2 is 1.96 bits per heavy atom. The minimum Gasteiger partial charge on any atom is -0.352 e. The van der Waals surface area contributed by atoms with Gasteiger partial charge < -0.3 is 9.80 Å². The molecule has 0 N–H and O–H groups in total. The fourth-order valence-electron chi connectivity index (χ4n) is 3.14. The minimum absolute atomic E-state index is 0.00107. The molecule has 0 bridgehead atoms. The van der Waals surface area contributed by atoms with Gasteiger partial charge in [-0.2, -0.15) is 10.2 Å². The summed E-state index contributed by atoms with van der Waals surface area (Å²) in [6.07, 6.45) is 3.31. The summed E-state index contributed by atoms with van der Waals surface area (Å²) in [5, 5.41) is 12.5. The third-order valence-corrected chi connectivity index (χ3v) is 4.53. The van der Waals surface area contributed by atoms with E-state index >= 15 is 0 Å². The van der Waals surface area contributed by atoms with Crippen LogP contribution in [0.2, 0.25) is 0 Å². The average molecular weight is 337 g/mol. The van der Waals surface area contributed by atoms with Crippen molar-refractivity contribution >= 4 is 17.4 Å². The van der Waals surface area contributed by atoms with Crippen LogP contribution in [0.5, 0.6) is 0 Å². The molecule has 1 fully saturated rings. The number of nitrogens with zero attached hydrogens (tertiary/aromatic N) is 7. The Kier molecular flexibility index (Phi) is 3.79. The predicted molar refractivity (Wildman–Crippen MR) is 92.6 cm³/mol. The van der Waals surface area contributed by atoms with Crippen molar-refractivity contribution in [3.8, 4) is 0 Å². The standard InChI is InChI=1S/C17H19N7O/c1-12-10-16-18-11-14(13(2)24(16)21-12)17(25)23-8-6-22(7-9-23)15-4-3-5-19-20-15/h3-5,10-11H,6-9H2,1-2H3. The van der Waals surface area contributed by atoms with Gasteiger partial charge in [-0.3, -0.25) is 4.79 Å². The molecular formula is C17H19N7O. The molecule has 0 aromatic carbocycles. The summed E-state index contributed by atoms with van der Waals surface area (Å²) in [6, 6.07) is 5.71. The van der Waals surface area contributed by atoms with Crippen LogP contribution in [0.3, 0.4) is 0 Å². The van der Waals surface area contributed by atoms with Crippen molar-refractivity contribution < 1.29 is 4.79 Å². The summed E-state index contributed by atoms with van der Waals surface area (Å²) in [6.45, 7) is 6.58. The van der Waals surface area contributed by atoms with Gasteiger partial charge in [-0.1, -0.05) is 0 Å². The average Bonchev–Trinajstić information content (AvgIpc) is 3.04. The van der Waals surface area contributed by atoms with Crippen LogP contribution >= 0.6 is 0 Å². The van der Waals surface area contributed by atoms with Crippen LogP contribution in [0, 0.1) is 13.8 Å². The van der Waals surface area contributed by atoms with Crippen molar-refractivity contribution in [1.82, 2.24) is 29.7 Å². The highest BCUT2D eigenvalue weighted by atomic mass is 16.2. The molecule has 1 amide bonds. The van der Waals surface area contributed by atoms with Crippen molar-refractivity contribution in [1.29, 1.82) is 0 Å². The number of rotatable bonds is 2. The van der Waals surface area contributed by atoms with Crippen LogP contribution in [0.25, 0.3) is 5.65 Å². The Bertz CT molecular complexity index is 913. The first-order valence-corrected chi connectivity index (χ1v) is 8.27. The quantitative estimate of drug-likeness (QED) is 0.697. The molecule has 3 aromatic heterocycles. The van der Waals surface area contributed by atoms with Gasteiger partial charge in [0.1, 0.15) is 0 Å². The number of fused-ring (bicyclic) bond motifs is 1. The Morgan fingerprint density at radius 3 is 2.68 bits per heavy atom. The van der Waals surface area contributed by atoms with Crippen LogP contribution in [-0.4, -0.2) is 61.8 Å². The summed E-state index contributed by atoms with van der Waals surface area (Å²) < 4.78 is 1.73. The smallest absolute Gasteiger partial charge is 0.257 e. The van der Waals surface area contributed by atoms with Gasteiger partial charge in [0.05, 0.1) is 17.0 Å². The first-order chi connectivity index (χ1) is 12.1. The van der Waals surface area contributed by atoms with E-state index in [2.05, 4.69) is 25.2 Å². The lowest BCUT2D eigenvalue weighted by Gasteiger charge is -2.35. The summed E-state index contributed by atoms with van der Waals surface area (Å²) in [5.74, 6) is 0.847. The zero-order valence-electron chi connectivity index (χ0n) is 14.3. The molecule has 1 aliphatic rings. The van der Waals surface area contributed by atoms with Crippen LogP contribution in [-0.2, 0) is 0 Å². The molecule has 4 heterocycles. The van der Waals surface area contributed by atoms with Crippen molar-refractivity contribution in [2.24, 2.45) is 0 Å². The van der Waals surface area contributed by atoms with Crippen molar-refractivity contribution in [2.45, 2.75) is 13.8 Å². The molecule has 0 radical (unpaired) electrons. The van der Waals surface area contributed by atoms with Gasteiger partial charge in [0.15, 0.2) is 11.5 Å². The molecule has 128 valence electrons. The molecule has 0 saturated carbocycles. The normalized spacial score (nSPS) is 15.0. The predicted octanol–water partition coefficient (Wildman–Crippen LogP) is 1.10. The number of piperazine rings is 1. The van der Waals surface area contributed by atoms with E-state index < -0.39 is 0 Å². The molecule has 4 rings (SSSR count). The summed E-state index contributed by atoms with van der Waals surface area (Å²) >= 11 is 0. The third-order valence-electron chi connectivity index (χ3n) is 4.53. The molecule has 0 unspecified atom stereocenters. The highest BCUT2D eigenvalue weighted by Crippen LogP contribution is 2.16. The number of hydrogen-bond donors (Lipinski definition) is 0. The Labute approximate surface area is 145 Å². The molecular weight excluding hydrogens is 318 g/mol. The van der Waals surface area contributed by atoms with Gasteiger partial charge in [-0.15, -0.1) is 5.10 Å². The molecule has 0 spiro atoms. The van der Waals surface area contributed by atoms with Gasteiger partial charge in [-0.25, -0.2) is 9.50 Å². The number of aromatic nitrogens is 5. The fraction of sp³-hybridized carbons (Fsp3) is 0.353. The monoisotopic (exact) mass is 337 g/mol. The van der Waals surface area contributed by atoms with Gasteiger partial charge in [-0.05, 0) is 26.0 Å². The second-order valence-electron chi connectivity index (χ2n) is 6.17. The Hall–Kier alpha value is -3.03. The topological polar surface area (TPSA) is 79.5 Å². The second-order valence-corrected chi connectivity index (χ2v) is 6.17. The maximum absolute atomic E-state index is 12.9. The van der Waals surface area contributed by atoms with E-state index in [-0.39, 0.29) is 5.91 Å². The van der Waals surface area contributed by atoms with Crippen molar-refractivity contribution in [2.75, 3.05) is 31.1 Å². The molecule has 3 aromatic rings. The molecule has 1 saturated heterocycles. The highest BCUT2D eigenvalue weighted by molar-refractivity contribution is 5.95. The van der Waals surface area contributed by atoms with E-state index in [1.54, 1.807) is 16.9 Å². The second kappa shape index (κ2) is 6.12. The van der Waals surface area contributed by atoms with E-state index in [1.807, 2.05) is 36.9 Å². The molecule has 1 aliphatic heterocycles. The molecule has 25 heavy (non-hydrogen) atoms. The van der Waals surface area contributed by atoms with Crippen LogP contribution in [0.1, 0.15) is 21.7 Å². The summed E-state index contributed by atoms with van der Waals surface area (Å²) in [4.78, 5) is 21.3. The van der Waals surface area contributed by atoms with E-state index in [9.17, 15) is 4.79 Å². The molecule has 0 atom stereocenters. The zero-order valence-corrected chi connectivity index (χ0v) is 14.3. The number of carbonyl (C=O) groups is 1. The van der Waals surface area contributed by atoms with E-state index in [0.29, 0.717) is 18.7 Å². The number of aryl methyl sites for hydroxylation is 2. The SMILES string of the molecule is Cc1cc2ncc(C(=O)N3CCN(c4cccnn4)CC3)c(C)n2n1. The molecule has 8 heteroatoms. The van der Waals surface area contributed by atoms with E-state index in [0.717, 1.165) is 35.9 Å². The molecule has 8 nitrogen and oxygen atoms in total. The van der Waals surface area contributed by atoms with Crippen LogP contribution in [0.4, 0.5) is 5.82 Å². The number of anilines is 1. The number of hydrogen-bond acceptors (Lipinski definition) is 6. The van der Waals surface area contributed by atoms with E-state index in [1.165, 1.54) is 0 Å². The Balaban J connectivity index is 1.52. The minimum atomic E-state index is -0.00107. The summed E-state index contributed by atoms with van der Waals surface area (Å²) in [5.41, 5.74) is 3.07. The van der Waals surface area contributed by atoms with Gasteiger partial charge >= 0.3 is 0 Å². The highest BCUT2D eigenvalue weighted by Gasteiger charge is 2.25. The van der Waals surface area contributed by atoms with Crippen LogP contribution < -0.4 is 4.90 Å². The summed E-state index contributed by atoms with van der Waals surface area (Å²) in [7, 11) is 0. The fourth-order valence-corrected chi connectivity index (χ4v) is 3.14. The lowest BCUT2D eigenvalue weighted by molar-refractivity contribution is 0.0744. The lowest BCUT2D eigenvalue weighted by atomic mass is 10.2. The zero-order chi connectivity index (χ0) is 17.4. The first kappa shape index (κ1) is 15.5. The third kappa shape index (κ3) is 2.79. The van der Waals surface area contributed by atoms with Crippen molar-refractivity contribution in [3.63, 3.8) is 0 Å². The Morgan fingerprint density at radius 1 is 1.16 bits per heavy atom. The van der Waals surface area contributed by atoms with Crippen LogP contribution in [0.15, 0.2) is 30.6 Å². The largest absolute Gasteiger partial charge is 0.352 e. The van der Waals surface area contributed by atoms with Gasteiger partial charge in [0, 0.05) is 44.6 Å². The molecule has 0 aliphatic carbocycles. The van der Waals surface area contributed by atoms with Gasteiger partial charge in [0.2, 0.25) is 0 Å². The lowest BCUT2D eigenvalue weighted by Crippen LogP contribution is -2.49. The maximum atomic E-state index is 12.9. The van der Waals surface area contributed by atoms with E-state index in [4.69, 9.17) is 0 Å². The number of carbonyl (C=O) groups excluding carboxylic acids is 1. The first-order valence-electron chi connectivity index (χ1n) is 8.27. The van der Waals surface area contributed by atoms with Crippen molar-refractivity contribution in [3.05, 3.63) is 47.5 Å².